The molecule has 3 aromatic carbocycles. The van der Waals surface area contributed by atoms with Gasteiger partial charge in [-0.25, -0.2) is 9.37 Å². The van der Waals surface area contributed by atoms with Gasteiger partial charge < -0.3 is 9.88 Å². The van der Waals surface area contributed by atoms with E-state index >= 15 is 0 Å². The van der Waals surface area contributed by atoms with Gasteiger partial charge in [0.2, 0.25) is 0 Å². The van der Waals surface area contributed by atoms with E-state index in [-0.39, 0.29) is 30.4 Å². The molecule has 0 aliphatic carbocycles. The van der Waals surface area contributed by atoms with E-state index in [4.69, 9.17) is 11.6 Å². The number of carbonyl (C=O) groups is 1. The van der Waals surface area contributed by atoms with Crippen molar-refractivity contribution in [3.8, 4) is 0 Å². The number of carbonyl (C=O) groups excluding carboxylic acids is 1. The van der Waals surface area contributed by atoms with Gasteiger partial charge in [0.15, 0.2) is 0 Å². The fourth-order valence-corrected chi connectivity index (χ4v) is 3.30. The molecule has 0 aliphatic rings. The van der Waals surface area contributed by atoms with E-state index < -0.39 is 0 Å². The summed E-state index contributed by atoms with van der Waals surface area (Å²) in [5.41, 5.74) is 1.49. The standard InChI is InChI=1S/C23H17ClFN3O2/c24-17-9-7-16(8-10-17)23(30)28(13-15-5-11-18(25)12-6-15)14-21-26-20-4-2-1-3-19(20)22(29)27-21/h1-12H,13-14H2,(H,26,27,29). The SMILES string of the molecule is O=C(c1ccc(Cl)cc1)N(Cc1ccc(F)cc1)Cc1nc2ccccc2c(=O)[nH]1. The summed E-state index contributed by atoms with van der Waals surface area (Å²) in [6.45, 7) is 0.303. The molecule has 0 atom stereocenters. The van der Waals surface area contributed by atoms with Crippen molar-refractivity contribution in [3.05, 3.63) is 111 Å². The van der Waals surface area contributed by atoms with E-state index in [1.807, 2.05) is 0 Å². The van der Waals surface area contributed by atoms with Crippen LogP contribution in [-0.4, -0.2) is 20.8 Å². The van der Waals surface area contributed by atoms with Crippen LogP contribution in [0.5, 0.6) is 0 Å². The van der Waals surface area contributed by atoms with Gasteiger partial charge in [0, 0.05) is 17.1 Å². The summed E-state index contributed by atoms with van der Waals surface area (Å²) in [6.07, 6.45) is 0. The second kappa shape index (κ2) is 8.47. The number of nitrogens with one attached hydrogen (secondary N) is 1. The van der Waals surface area contributed by atoms with Gasteiger partial charge in [0.25, 0.3) is 11.5 Å². The topological polar surface area (TPSA) is 66.1 Å². The van der Waals surface area contributed by atoms with Crippen molar-refractivity contribution in [1.82, 2.24) is 14.9 Å². The van der Waals surface area contributed by atoms with E-state index in [2.05, 4.69) is 9.97 Å². The van der Waals surface area contributed by atoms with Gasteiger partial charge in [-0.1, -0.05) is 35.9 Å². The smallest absolute Gasteiger partial charge is 0.258 e. The molecule has 1 amide bonds. The number of rotatable bonds is 5. The van der Waals surface area contributed by atoms with Gasteiger partial charge in [0.05, 0.1) is 17.4 Å². The highest BCUT2D eigenvalue weighted by molar-refractivity contribution is 6.30. The maximum atomic E-state index is 13.3. The molecule has 4 aromatic rings. The molecule has 0 radical (unpaired) electrons. The van der Waals surface area contributed by atoms with Crippen molar-refractivity contribution < 1.29 is 9.18 Å². The molecular weight excluding hydrogens is 405 g/mol. The summed E-state index contributed by atoms with van der Waals surface area (Å²) in [6, 6.07) is 19.5. The van der Waals surface area contributed by atoms with Crippen molar-refractivity contribution >= 4 is 28.4 Å². The third-order valence-corrected chi connectivity index (χ3v) is 4.92. The quantitative estimate of drug-likeness (QED) is 0.513. The number of aromatic amines is 1. The highest BCUT2D eigenvalue weighted by Gasteiger charge is 2.18. The lowest BCUT2D eigenvalue weighted by atomic mass is 10.1. The molecular formula is C23H17ClFN3O2. The highest BCUT2D eigenvalue weighted by atomic mass is 35.5. The van der Waals surface area contributed by atoms with Crippen molar-refractivity contribution in [2.75, 3.05) is 0 Å². The number of halogens is 2. The normalized spacial score (nSPS) is 10.9. The molecule has 1 N–H and O–H groups in total. The Hall–Kier alpha value is -3.51. The fourth-order valence-electron chi connectivity index (χ4n) is 3.18. The van der Waals surface area contributed by atoms with Crippen LogP contribution in [0.15, 0.2) is 77.6 Å². The molecule has 7 heteroatoms. The Kier molecular flexibility index (Phi) is 5.59. The summed E-state index contributed by atoms with van der Waals surface area (Å²) >= 11 is 5.93. The number of amides is 1. The predicted octanol–water partition coefficient (Wildman–Crippen LogP) is 4.56. The van der Waals surface area contributed by atoms with Crippen LogP contribution < -0.4 is 5.56 Å². The lowest BCUT2D eigenvalue weighted by Gasteiger charge is -2.23. The van der Waals surface area contributed by atoms with Crippen LogP contribution in [0.1, 0.15) is 21.7 Å². The first-order valence-electron chi connectivity index (χ1n) is 9.27. The second-order valence-electron chi connectivity index (χ2n) is 6.82. The molecule has 150 valence electrons. The number of benzene rings is 3. The average Bonchev–Trinajstić information content (AvgIpc) is 2.75. The summed E-state index contributed by atoms with van der Waals surface area (Å²) in [4.78, 5) is 34.4. The molecule has 30 heavy (non-hydrogen) atoms. The molecule has 4 rings (SSSR count). The number of para-hydroxylation sites is 1. The zero-order valence-electron chi connectivity index (χ0n) is 15.8. The van der Waals surface area contributed by atoms with Crippen LogP contribution in [0.3, 0.4) is 0 Å². The van der Waals surface area contributed by atoms with Gasteiger partial charge >= 0.3 is 0 Å². The first-order chi connectivity index (χ1) is 14.5. The average molecular weight is 422 g/mol. The van der Waals surface area contributed by atoms with E-state index in [9.17, 15) is 14.0 Å². The second-order valence-corrected chi connectivity index (χ2v) is 7.26. The van der Waals surface area contributed by atoms with Gasteiger partial charge in [0.1, 0.15) is 11.6 Å². The Morgan fingerprint density at radius 3 is 2.40 bits per heavy atom. The fraction of sp³-hybridized carbons (Fsp3) is 0.0870. The van der Waals surface area contributed by atoms with Crippen LogP contribution >= 0.6 is 11.6 Å². The Morgan fingerprint density at radius 2 is 1.67 bits per heavy atom. The first kappa shape index (κ1) is 19.8. The number of aromatic nitrogens is 2. The Labute approximate surface area is 176 Å². The molecule has 0 fully saturated rings. The maximum absolute atomic E-state index is 13.3. The monoisotopic (exact) mass is 421 g/mol. The Morgan fingerprint density at radius 1 is 0.967 bits per heavy atom. The number of fused-ring (bicyclic) bond motifs is 1. The lowest BCUT2D eigenvalue weighted by molar-refractivity contribution is 0.0725. The molecule has 0 saturated heterocycles. The molecule has 1 heterocycles. The maximum Gasteiger partial charge on any atom is 0.258 e. The molecule has 0 spiro atoms. The summed E-state index contributed by atoms with van der Waals surface area (Å²) in [5.74, 6) is -0.246. The minimum absolute atomic E-state index is 0.0823. The minimum Gasteiger partial charge on any atom is -0.327 e. The van der Waals surface area contributed by atoms with E-state index in [1.165, 1.54) is 12.1 Å². The summed E-state index contributed by atoms with van der Waals surface area (Å²) in [7, 11) is 0. The van der Waals surface area contributed by atoms with Gasteiger partial charge in [-0.05, 0) is 54.1 Å². The van der Waals surface area contributed by atoms with Crippen LogP contribution in [-0.2, 0) is 13.1 Å². The number of nitrogens with zero attached hydrogens (tertiary/aromatic N) is 2. The zero-order valence-corrected chi connectivity index (χ0v) is 16.6. The van der Waals surface area contributed by atoms with Crippen LogP contribution in [0.2, 0.25) is 5.02 Å². The number of hydrogen-bond donors (Lipinski definition) is 1. The van der Waals surface area contributed by atoms with Gasteiger partial charge in [-0.3, -0.25) is 9.59 Å². The summed E-state index contributed by atoms with van der Waals surface area (Å²) < 4.78 is 13.3. The lowest BCUT2D eigenvalue weighted by Crippen LogP contribution is -2.31. The highest BCUT2D eigenvalue weighted by Crippen LogP contribution is 2.16. The van der Waals surface area contributed by atoms with Crippen molar-refractivity contribution in [2.24, 2.45) is 0 Å². The van der Waals surface area contributed by atoms with Crippen molar-refractivity contribution in [1.29, 1.82) is 0 Å². The number of H-pyrrole nitrogens is 1. The molecule has 0 saturated carbocycles. The molecule has 5 nitrogen and oxygen atoms in total. The van der Waals surface area contributed by atoms with Crippen LogP contribution in [0.25, 0.3) is 10.9 Å². The van der Waals surface area contributed by atoms with E-state index in [0.29, 0.717) is 27.3 Å². The van der Waals surface area contributed by atoms with Crippen LogP contribution in [0.4, 0.5) is 4.39 Å². The third kappa shape index (κ3) is 4.39. The minimum atomic E-state index is -0.352. The van der Waals surface area contributed by atoms with E-state index in [0.717, 1.165) is 5.56 Å². The zero-order chi connectivity index (χ0) is 21.1. The van der Waals surface area contributed by atoms with Gasteiger partial charge in [-0.2, -0.15) is 0 Å². The largest absolute Gasteiger partial charge is 0.327 e. The van der Waals surface area contributed by atoms with E-state index in [1.54, 1.807) is 65.6 Å². The Balaban J connectivity index is 1.69. The van der Waals surface area contributed by atoms with Gasteiger partial charge in [-0.15, -0.1) is 0 Å². The first-order valence-corrected chi connectivity index (χ1v) is 9.64. The molecule has 0 unspecified atom stereocenters. The molecule has 1 aromatic heterocycles. The third-order valence-electron chi connectivity index (χ3n) is 4.67. The van der Waals surface area contributed by atoms with Crippen molar-refractivity contribution in [2.45, 2.75) is 13.1 Å². The van der Waals surface area contributed by atoms with Crippen LogP contribution in [0, 0.1) is 5.82 Å². The Bertz CT molecular complexity index is 1250. The summed E-state index contributed by atoms with van der Waals surface area (Å²) in [5, 5.41) is 1.01. The molecule has 0 bridgehead atoms. The number of hydrogen-bond acceptors (Lipinski definition) is 3. The predicted molar refractivity (Wildman–Crippen MR) is 114 cm³/mol. The molecule has 0 aliphatic heterocycles. The van der Waals surface area contributed by atoms with Crippen molar-refractivity contribution in [3.63, 3.8) is 0 Å².